The average Bonchev–Trinajstić information content (AvgIpc) is 3.17. The van der Waals surface area contributed by atoms with Crippen molar-refractivity contribution in [1.29, 1.82) is 0 Å². The monoisotopic (exact) mass is 488 g/mol. The Balaban J connectivity index is 1.42. The van der Waals surface area contributed by atoms with Crippen molar-refractivity contribution in [3.63, 3.8) is 0 Å². The zero-order valence-corrected chi connectivity index (χ0v) is 21.5. The molecule has 2 fully saturated rings. The van der Waals surface area contributed by atoms with Crippen LogP contribution in [0.2, 0.25) is 0 Å². The first-order valence-corrected chi connectivity index (χ1v) is 13.3. The van der Waals surface area contributed by atoms with Gasteiger partial charge in [-0.2, -0.15) is 0 Å². The van der Waals surface area contributed by atoms with E-state index in [-0.39, 0.29) is 23.9 Å². The highest BCUT2D eigenvalue weighted by Crippen LogP contribution is 2.61. The van der Waals surface area contributed by atoms with E-state index in [0.717, 1.165) is 43.4 Å². The van der Waals surface area contributed by atoms with Gasteiger partial charge >= 0.3 is 5.97 Å². The molecule has 190 valence electrons. The maximum Gasteiger partial charge on any atom is 0.373 e. The molecule has 2 saturated carbocycles. The van der Waals surface area contributed by atoms with Crippen LogP contribution in [0.3, 0.4) is 0 Å². The van der Waals surface area contributed by atoms with Gasteiger partial charge < -0.3 is 14.6 Å². The number of aliphatic hydroxyl groups excluding tert-OH is 1. The molecule has 0 radical (unpaired) electrons. The number of aliphatic hydroxyl groups is 1. The fraction of sp³-hybridized carbons (Fsp3) is 0.484. The molecule has 0 aliphatic heterocycles. The third-order valence-corrected chi connectivity index (χ3v) is 8.89. The number of benzene rings is 2. The van der Waals surface area contributed by atoms with Gasteiger partial charge in [0.2, 0.25) is 5.76 Å². The first kappa shape index (κ1) is 24.6. The Labute approximate surface area is 213 Å². The van der Waals surface area contributed by atoms with Gasteiger partial charge in [-0.25, -0.2) is 4.79 Å². The third kappa shape index (κ3) is 4.12. The van der Waals surface area contributed by atoms with Gasteiger partial charge in [0.15, 0.2) is 5.78 Å². The second kappa shape index (κ2) is 9.76. The minimum absolute atomic E-state index is 0.0683. The summed E-state index contributed by atoms with van der Waals surface area (Å²) in [5, 5.41) is 10.5. The van der Waals surface area contributed by atoms with Gasteiger partial charge in [0.1, 0.15) is 12.4 Å². The van der Waals surface area contributed by atoms with E-state index in [1.165, 1.54) is 16.7 Å². The average molecular weight is 489 g/mol. The highest BCUT2D eigenvalue weighted by atomic mass is 16.5. The van der Waals surface area contributed by atoms with E-state index in [9.17, 15) is 14.7 Å². The highest BCUT2D eigenvalue weighted by Gasteiger charge is 2.57. The molecule has 2 aromatic carbocycles. The first-order chi connectivity index (χ1) is 17.4. The summed E-state index contributed by atoms with van der Waals surface area (Å²) in [6, 6.07) is 14.8. The molecule has 36 heavy (non-hydrogen) atoms. The molecule has 0 saturated heterocycles. The zero-order valence-electron chi connectivity index (χ0n) is 21.5. The molecule has 0 heterocycles. The van der Waals surface area contributed by atoms with Crippen molar-refractivity contribution in [3.05, 3.63) is 76.1 Å². The molecule has 5 heteroatoms. The topological polar surface area (TPSA) is 72.8 Å². The number of hydrogen-bond acceptors (Lipinski definition) is 5. The molecule has 3 aliphatic carbocycles. The van der Waals surface area contributed by atoms with Crippen molar-refractivity contribution in [2.75, 3.05) is 6.61 Å². The lowest BCUT2D eigenvalue weighted by molar-refractivity contribution is -0.142. The second-order valence-corrected chi connectivity index (χ2v) is 10.7. The van der Waals surface area contributed by atoms with Gasteiger partial charge in [-0.05, 0) is 91.5 Å². The number of hydrogen-bond donors (Lipinski definition) is 1. The Morgan fingerprint density at radius 2 is 1.92 bits per heavy atom. The fourth-order valence-electron chi connectivity index (χ4n) is 6.95. The summed E-state index contributed by atoms with van der Waals surface area (Å²) in [7, 11) is 0. The Hall–Kier alpha value is -3.08. The van der Waals surface area contributed by atoms with E-state index >= 15 is 0 Å². The van der Waals surface area contributed by atoms with Crippen molar-refractivity contribution in [2.45, 2.75) is 71.8 Å². The molecular formula is C31H36O5. The summed E-state index contributed by atoms with van der Waals surface area (Å²) in [4.78, 5) is 25.6. The van der Waals surface area contributed by atoms with Gasteiger partial charge in [0.25, 0.3) is 0 Å². The summed E-state index contributed by atoms with van der Waals surface area (Å²) >= 11 is 0. The number of aryl methyl sites for hydroxylation is 2. The summed E-state index contributed by atoms with van der Waals surface area (Å²) in [5.74, 6) is 0.497. The summed E-state index contributed by atoms with van der Waals surface area (Å²) < 4.78 is 11.3. The minimum atomic E-state index is -0.788. The first-order valence-electron chi connectivity index (χ1n) is 13.3. The van der Waals surface area contributed by atoms with E-state index in [1.54, 1.807) is 6.92 Å². The molecule has 3 aliphatic rings. The smallest absolute Gasteiger partial charge is 0.373 e. The molecule has 1 N–H and O–H groups in total. The minimum Gasteiger partial charge on any atom is -0.502 e. The van der Waals surface area contributed by atoms with Crippen LogP contribution in [0.5, 0.6) is 5.75 Å². The van der Waals surface area contributed by atoms with Crippen LogP contribution in [-0.4, -0.2) is 23.5 Å². The molecule has 2 aromatic rings. The van der Waals surface area contributed by atoms with E-state index in [4.69, 9.17) is 9.47 Å². The SMILES string of the molecule is CCOC(=O)/C(O)=C1\CC2C3CCc4cc(OCc5ccccc5)c(CC)cc4C3CCC2(C)C1=O. The van der Waals surface area contributed by atoms with Crippen LogP contribution in [-0.2, 0) is 33.8 Å². The van der Waals surface area contributed by atoms with Crippen LogP contribution in [0.1, 0.15) is 74.6 Å². The number of carbonyl (C=O) groups is 2. The van der Waals surface area contributed by atoms with Crippen LogP contribution in [0.25, 0.3) is 0 Å². The lowest BCUT2D eigenvalue weighted by atomic mass is 9.55. The van der Waals surface area contributed by atoms with Crippen LogP contribution in [0.15, 0.2) is 53.8 Å². The Kier molecular flexibility index (Phi) is 6.67. The molecule has 0 bridgehead atoms. The number of ether oxygens (including phenoxy) is 2. The lowest BCUT2D eigenvalue weighted by Crippen LogP contribution is -2.42. The van der Waals surface area contributed by atoms with Gasteiger partial charge in [-0.1, -0.05) is 50.2 Å². The normalized spacial score (nSPS) is 28.1. The van der Waals surface area contributed by atoms with Crippen molar-refractivity contribution >= 4 is 11.8 Å². The zero-order chi connectivity index (χ0) is 25.4. The number of esters is 1. The second-order valence-electron chi connectivity index (χ2n) is 10.7. The standard InChI is InChI=1S/C31H36O5/c1-4-20-15-24-21(16-27(20)36-18-19-9-7-6-8-10-19)11-12-23-22(24)13-14-31(3)26(23)17-25(29(31)33)28(32)30(34)35-5-2/h6-10,15-16,22-23,26,32H,4-5,11-14,17-18H2,1-3H3/b28-25-. The van der Waals surface area contributed by atoms with Gasteiger partial charge in [-0.3, -0.25) is 4.79 Å². The molecule has 5 nitrogen and oxygen atoms in total. The van der Waals surface area contributed by atoms with Gasteiger partial charge in [-0.15, -0.1) is 0 Å². The van der Waals surface area contributed by atoms with Crippen LogP contribution in [0.4, 0.5) is 0 Å². The van der Waals surface area contributed by atoms with Gasteiger partial charge in [0, 0.05) is 11.0 Å². The number of ketones is 1. The van der Waals surface area contributed by atoms with E-state index < -0.39 is 17.1 Å². The number of carbonyl (C=O) groups excluding carboxylic acids is 2. The van der Waals surface area contributed by atoms with Crippen LogP contribution >= 0.6 is 0 Å². The van der Waals surface area contributed by atoms with Crippen molar-refractivity contribution in [1.82, 2.24) is 0 Å². The predicted molar refractivity (Wildman–Crippen MR) is 138 cm³/mol. The number of allylic oxidation sites excluding steroid dienone is 1. The van der Waals surface area contributed by atoms with Crippen molar-refractivity contribution in [2.24, 2.45) is 17.3 Å². The molecule has 4 atom stereocenters. The number of Topliss-reactive ketones (excluding diaryl/α,β-unsaturated/α-hetero) is 1. The van der Waals surface area contributed by atoms with Crippen molar-refractivity contribution < 1.29 is 24.2 Å². The van der Waals surface area contributed by atoms with E-state index in [2.05, 4.69) is 31.2 Å². The Morgan fingerprint density at radius 3 is 2.64 bits per heavy atom. The molecule has 0 aromatic heterocycles. The van der Waals surface area contributed by atoms with Crippen LogP contribution < -0.4 is 4.74 Å². The molecular weight excluding hydrogens is 452 g/mol. The summed E-state index contributed by atoms with van der Waals surface area (Å²) in [5.41, 5.74) is 4.88. The Bertz CT molecular complexity index is 1200. The Morgan fingerprint density at radius 1 is 1.14 bits per heavy atom. The number of rotatable bonds is 6. The molecule has 0 spiro atoms. The van der Waals surface area contributed by atoms with E-state index in [1.807, 2.05) is 25.1 Å². The maximum absolute atomic E-state index is 13.4. The molecule has 0 amide bonds. The highest BCUT2D eigenvalue weighted by molar-refractivity contribution is 6.07. The summed E-state index contributed by atoms with van der Waals surface area (Å²) in [6.07, 6.45) is 5.01. The van der Waals surface area contributed by atoms with Gasteiger partial charge in [0.05, 0.1) is 6.61 Å². The number of fused-ring (bicyclic) bond motifs is 5. The third-order valence-electron chi connectivity index (χ3n) is 8.89. The molecule has 5 rings (SSSR count). The fourth-order valence-corrected chi connectivity index (χ4v) is 6.95. The quantitative estimate of drug-likeness (QED) is 0.296. The largest absolute Gasteiger partial charge is 0.502 e. The van der Waals surface area contributed by atoms with Crippen molar-refractivity contribution in [3.8, 4) is 5.75 Å². The maximum atomic E-state index is 13.4. The van der Waals surface area contributed by atoms with Crippen LogP contribution in [0, 0.1) is 17.3 Å². The lowest BCUT2D eigenvalue weighted by Gasteiger charge is -2.48. The van der Waals surface area contributed by atoms with E-state index in [0.29, 0.717) is 24.9 Å². The predicted octanol–water partition coefficient (Wildman–Crippen LogP) is 6.24. The molecule has 4 unspecified atom stereocenters. The summed E-state index contributed by atoms with van der Waals surface area (Å²) in [6.45, 7) is 6.62.